The second-order valence-corrected chi connectivity index (χ2v) is 4.19. The van der Waals surface area contributed by atoms with Crippen LogP contribution < -0.4 is 5.73 Å². The Hall–Kier alpha value is -0.880. The zero-order chi connectivity index (χ0) is 13.2. The maximum Gasteiger partial charge on any atom is 0.121 e. The largest absolute Gasteiger partial charge is 0.468 e. The Labute approximate surface area is 109 Å². The number of rotatable bonds is 10. The normalized spacial score (nSPS) is 11.3. The molecule has 1 aromatic heterocycles. The third kappa shape index (κ3) is 5.18. The molecule has 5 nitrogen and oxygen atoms in total. The second kappa shape index (κ2) is 9.10. The van der Waals surface area contributed by atoms with Gasteiger partial charge in [-0.3, -0.25) is 4.90 Å². The molecular formula is C13H24N2O3. The van der Waals surface area contributed by atoms with Gasteiger partial charge in [0.1, 0.15) is 5.76 Å². The van der Waals surface area contributed by atoms with Gasteiger partial charge in [-0.2, -0.15) is 0 Å². The quantitative estimate of drug-likeness (QED) is 0.638. The topological polar surface area (TPSA) is 60.9 Å². The van der Waals surface area contributed by atoms with E-state index in [1.807, 2.05) is 6.07 Å². The molecule has 0 bridgehead atoms. The Balaban J connectivity index is 2.48. The van der Waals surface area contributed by atoms with E-state index in [0.29, 0.717) is 6.54 Å². The van der Waals surface area contributed by atoms with Gasteiger partial charge in [-0.25, -0.2) is 0 Å². The highest BCUT2D eigenvalue weighted by Crippen LogP contribution is 2.13. The van der Waals surface area contributed by atoms with Gasteiger partial charge in [0.15, 0.2) is 0 Å². The van der Waals surface area contributed by atoms with Crippen molar-refractivity contribution in [2.45, 2.75) is 19.5 Å². The Kier molecular flexibility index (Phi) is 7.68. The zero-order valence-electron chi connectivity index (χ0n) is 11.4. The van der Waals surface area contributed by atoms with Crippen LogP contribution in [0.3, 0.4) is 0 Å². The molecular weight excluding hydrogens is 232 g/mol. The Morgan fingerprint density at radius 1 is 1.22 bits per heavy atom. The highest BCUT2D eigenvalue weighted by Gasteiger charge is 2.10. The van der Waals surface area contributed by atoms with E-state index in [4.69, 9.17) is 19.6 Å². The maximum absolute atomic E-state index is 5.64. The summed E-state index contributed by atoms with van der Waals surface area (Å²) < 4.78 is 15.6. The van der Waals surface area contributed by atoms with Gasteiger partial charge in [0.25, 0.3) is 0 Å². The fraction of sp³-hybridized carbons (Fsp3) is 0.692. The van der Waals surface area contributed by atoms with Gasteiger partial charge >= 0.3 is 0 Å². The van der Waals surface area contributed by atoms with Crippen molar-refractivity contribution in [3.8, 4) is 0 Å². The van der Waals surface area contributed by atoms with E-state index >= 15 is 0 Å². The smallest absolute Gasteiger partial charge is 0.121 e. The highest BCUT2D eigenvalue weighted by molar-refractivity contribution is 5.16. The van der Waals surface area contributed by atoms with E-state index in [1.165, 1.54) is 0 Å². The van der Waals surface area contributed by atoms with Crippen molar-refractivity contribution in [1.82, 2.24) is 4.90 Å². The van der Waals surface area contributed by atoms with Crippen molar-refractivity contribution in [2.75, 3.05) is 40.5 Å². The molecule has 1 rings (SSSR count). The number of methoxy groups -OCH3 is 2. The van der Waals surface area contributed by atoms with Gasteiger partial charge in [0.2, 0.25) is 0 Å². The highest BCUT2D eigenvalue weighted by atomic mass is 16.5. The second-order valence-electron chi connectivity index (χ2n) is 4.19. The summed E-state index contributed by atoms with van der Waals surface area (Å²) in [6.45, 7) is 4.66. The maximum atomic E-state index is 5.64. The van der Waals surface area contributed by atoms with Crippen LogP contribution in [0.1, 0.15) is 17.7 Å². The number of furan rings is 1. The minimum absolute atomic E-state index is 0.443. The lowest BCUT2D eigenvalue weighted by atomic mass is 10.2. The number of ether oxygens (including phenoxy) is 2. The van der Waals surface area contributed by atoms with Crippen LogP contribution in [0.2, 0.25) is 0 Å². The van der Waals surface area contributed by atoms with Crippen molar-refractivity contribution in [3.05, 3.63) is 23.7 Å². The van der Waals surface area contributed by atoms with Gasteiger partial charge < -0.3 is 19.6 Å². The molecule has 0 amide bonds. The van der Waals surface area contributed by atoms with E-state index in [2.05, 4.69) is 4.90 Å². The van der Waals surface area contributed by atoms with Gasteiger partial charge in [0, 0.05) is 46.0 Å². The fourth-order valence-electron chi connectivity index (χ4n) is 1.85. The van der Waals surface area contributed by atoms with Crippen LogP contribution in [-0.2, 0) is 22.6 Å². The van der Waals surface area contributed by atoms with Crippen LogP contribution >= 0.6 is 0 Å². The minimum atomic E-state index is 0.443. The van der Waals surface area contributed by atoms with Crippen molar-refractivity contribution in [1.29, 1.82) is 0 Å². The average Bonchev–Trinajstić information content (AvgIpc) is 2.83. The summed E-state index contributed by atoms with van der Waals surface area (Å²) in [7, 11) is 3.44. The molecule has 2 N–H and O–H groups in total. The fourth-order valence-corrected chi connectivity index (χ4v) is 1.85. The van der Waals surface area contributed by atoms with Crippen molar-refractivity contribution in [2.24, 2.45) is 5.73 Å². The molecule has 0 fully saturated rings. The van der Waals surface area contributed by atoms with E-state index in [1.54, 1.807) is 20.5 Å². The lowest BCUT2D eigenvalue weighted by Gasteiger charge is -2.21. The molecule has 0 aromatic carbocycles. The molecule has 5 heteroatoms. The Bertz CT molecular complexity index is 315. The van der Waals surface area contributed by atoms with Crippen LogP contribution in [0.5, 0.6) is 0 Å². The van der Waals surface area contributed by atoms with E-state index in [0.717, 1.165) is 50.6 Å². The molecule has 0 spiro atoms. The lowest BCUT2D eigenvalue weighted by Crippen LogP contribution is -2.29. The number of hydrogen-bond acceptors (Lipinski definition) is 5. The van der Waals surface area contributed by atoms with Crippen LogP contribution in [0.4, 0.5) is 0 Å². The predicted octanol–water partition coefficient (Wildman–Crippen LogP) is 1.22. The first-order valence-corrected chi connectivity index (χ1v) is 6.27. The summed E-state index contributed by atoms with van der Waals surface area (Å²) in [6.07, 6.45) is 2.71. The van der Waals surface area contributed by atoms with E-state index in [9.17, 15) is 0 Å². The molecule has 0 unspecified atom stereocenters. The average molecular weight is 256 g/mol. The Morgan fingerprint density at radius 3 is 2.67 bits per heavy atom. The Morgan fingerprint density at radius 2 is 2.00 bits per heavy atom. The molecule has 0 saturated heterocycles. The third-order valence-corrected chi connectivity index (χ3v) is 2.85. The molecule has 0 atom stereocenters. The first-order valence-electron chi connectivity index (χ1n) is 6.27. The third-order valence-electron chi connectivity index (χ3n) is 2.85. The molecule has 1 heterocycles. The van der Waals surface area contributed by atoms with Crippen LogP contribution in [-0.4, -0.2) is 45.4 Å². The number of nitrogens with zero attached hydrogens (tertiary/aromatic N) is 1. The summed E-state index contributed by atoms with van der Waals surface area (Å²) in [5.74, 6) is 0.865. The molecule has 18 heavy (non-hydrogen) atoms. The first kappa shape index (κ1) is 15.2. The number of nitrogens with two attached hydrogens (primary N) is 1. The van der Waals surface area contributed by atoms with Gasteiger partial charge in [0.05, 0.1) is 19.4 Å². The summed E-state index contributed by atoms with van der Waals surface area (Å²) in [4.78, 5) is 2.33. The first-order chi connectivity index (χ1) is 8.81. The minimum Gasteiger partial charge on any atom is -0.468 e. The predicted molar refractivity (Wildman–Crippen MR) is 70.2 cm³/mol. The van der Waals surface area contributed by atoms with Crippen LogP contribution in [0.25, 0.3) is 0 Å². The SMILES string of the molecule is COCCCN(CCOC)Cc1ccoc1CN. The number of hydrogen-bond donors (Lipinski definition) is 1. The zero-order valence-corrected chi connectivity index (χ0v) is 11.4. The van der Waals surface area contributed by atoms with Gasteiger partial charge in [-0.05, 0) is 12.5 Å². The summed E-state index contributed by atoms with van der Waals surface area (Å²) >= 11 is 0. The molecule has 1 aromatic rings. The van der Waals surface area contributed by atoms with Crippen LogP contribution in [0, 0.1) is 0 Å². The molecule has 0 radical (unpaired) electrons. The molecule has 104 valence electrons. The molecule has 0 saturated carbocycles. The van der Waals surface area contributed by atoms with Gasteiger partial charge in [-0.15, -0.1) is 0 Å². The monoisotopic (exact) mass is 256 g/mol. The standard InChI is InChI=1S/C13H24N2O3/c1-16-7-3-5-15(6-9-17-2)11-12-4-8-18-13(12)10-14/h4,8H,3,5-7,9-11,14H2,1-2H3. The lowest BCUT2D eigenvalue weighted by molar-refractivity contribution is 0.129. The van der Waals surface area contributed by atoms with E-state index < -0.39 is 0 Å². The van der Waals surface area contributed by atoms with Crippen molar-refractivity contribution >= 4 is 0 Å². The summed E-state index contributed by atoms with van der Waals surface area (Å²) in [6, 6.07) is 1.98. The summed E-state index contributed by atoms with van der Waals surface area (Å²) in [5.41, 5.74) is 6.79. The summed E-state index contributed by atoms with van der Waals surface area (Å²) in [5, 5.41) is 0. The van der Waals surface area contributed by atoms with Crippen molar-refractivity contribution < 1.29 is 13.9 Å². The van der Waals surface area contributed by atoms with Crippen molar-refractivity contribution in [3.63, 3.8) is 0 Å². The molecule has 0 aliphatic carbocycles. The van der Waals surface area contributed by atoms with Crippen LogP contribution in [0.15, 0.2) is 16.7 Å². The van der Waals surface area contributed by atoms with E-state index in [-0.39, 0.29) is 0 Å². The molecule has 0 aliphatic heterocycles. The van der Waals surface area contributed by atoms with Gasteiger partial charge in [-0.1, -0.05) is 0 Å². The molecule has 0 aliphatic rings.